The van der Waals surface area contributed by atoms with E-state index in [0.717, 1.165) is 28.1 Å². The topological polar surface area (TPSA) is 99.0 Å². The molecule has 2 heterocycles. The molecule has 2 aromatic carbocycles. The number of allylic oxidation sites excluding steroid dienone is 1. The smallest absolute Gasteiger partial charge is 0.322 e. The molecule has 0 saturated carbocycles. The first-order valence-corrected chi connectivity index (χ1v) is 10.5. The monoisotopic (exact) mass is 450 g/mol. The molecule has 172 valence electrons. The Hall–Kier alpha value is -4.01. The molecule has 1 aliphatic rings. The molecule has 0 radical (unpaired) electrons. The van der Waals surface area contributed by atoms with Crippen molar-refractivity contribution in [2.75, 3.05) is 27.9 Å². The second-order valence-corrected chi connectivity index (χ2v) is 7.39. The van der Waals surface area contributed by atoms with Crippen LogP contribution >= 0.6 is 0 Å². The van der Waals surface area contributed by atoms with E-state index in [1.54, 1.807) is 32.3 Å². The summed E-state index contributed by atoms with van der Waals surface area (Å²) in [5, 5.41) is 7.23. The number of ether oxygens (including phenoxy) is 3. The Bertz CT molecular complexity index is 1190. The van der Waals surface area contributed by atoms with Crippen LogP contribution in [0.25, 0.3) is 17.0 Å². The molecule has 2 amide bonds. The molecule has 4 rings (SSSR count). The first kappa shape index (κ1) is 22.2. The molecule has 1 aliphatic heterocycles. The minimum Gasteiger partial charge on any atom is -0.497 e. The van der Waals surface area contributed by atoms with Gasteiger partial charge in [0.2, 0.25) is 5.82 Å². The largest absolute Gasteiger partial charge is 0.497 e. The van der Waals surface area contributed by atoms with Gasteiger partial charge in [-0.3, -0.25) is 4.90 Å². The van der Waals surface area contributed by atoms with Crippen LogP contribution in [0, 0.1) is 0 Å². The molecule has 0 saturated heterocycles. The Kier molecular flexibility index (Phi) is 6.21. The number of rotatable bonds is 7. The van der Waals surface area contributed by atoms with E-state index in [4.69, 9.17) is 18.7 Å². The third-order valence-corrected chi connectivity index (χ3v) is 5.66. The number of hydrogen-bond donors (Lipinski definition) is 1. The summed E-state index contributed by atoms with van der Waals surface area (Å²) in [7, 11) is 4.76. The van der Waals surface area contributed by atoms with Crippen molar-refractivity contribution in [2.45, 2.75) is 19.9 Å². The molecule has 1 atom stereocenters. The van der Waals surface area contributed by atoms with Crippen LogP contribution in [0.4, 0.5) is 4.79 Å². The lowest BCUT2D eigenvalue weighted by Crippen LogP contribution is -2.45. The van der Waals surface area contributed by atoms with E-state index in [1.165, 1.54) is 0 Å². The molecular weight excluding hydrogens is 424 g/mol. The highest BCUT2D eigenvalue weighted by Gasteiger charge is 2.35. The molecule has 1 N–H and O–H groups in total. The SMILES string of the molecule is CCN1C(=O)NC(c2ccc(OC)c(OC)c2)C(c2nc(-c3ccc(OC)cc3)no2)=C1C. The zero-order chi connectivity index (χ0) is 23.5. The van der Waals surface area contributed by atoms with E-state index in [2.05, 4.69) is 15.5 Å². The normalized spacial score (nSPS) is 16.0. The fourth-order valence-electron chi connectivity index (χ4n) is 3.91. The molecular formula is C24H26N4O5. The van der Waals surface area contributed by atoms with Gasteiger partial charge in [0, 0.05) is 17.8 Å². The number of nitrogens with zero attached hydrogens (tertiary/aromatic N) is 3. The van der Waals surface area contributed by atoms with Crippen molar-refractivity contribution in [3.05, 3.63) is 59.6 Å². The minimum atomic E-state index is -0.510. The molecule has 1 aromatic heterocycles. The predicted octanol–water partition coefficient (Wildman–Crippen LogP) is 4.28. The van der Waals surface area contributed by atoms with Crippen molar-refractivity contribution in [3.63, 3.8) is 0 Å². The highest BCUT2D eigenvalue weighted by atomic mass is 16.5. The van der Waals surface area contributed by atoms with E-state index in [0.29, 0.717) is 29.8 Å². The Morgan fingerprint density at radius 3 is 2.39 bits per heavy atom. The Labute approximate surface area is 191 Å². The molecule has 0 aliphatic carbocycles. The zero-order valence-corrected chi connectivity index (χ0v) is 19.2. The number of amides is 2. The maximum Gasteiger partial charge on any atom is 0.322 e. The van der Waals surface area contributed by atoms with Crippen LogP contribution < -0.4 is 19.5 Å². The number of methoxy groups -OCH3 is 3. The van der Waals surface area contributed by atoms with Gasteiger partial charge in [-0.05, 0) is 55.8 Å². The molecule has 0 bridgehead atoms. The number of aromatic nitrogens is 2. The fraction of sp³-hybridized carbons (Fsp3) is 0.292. The Balaban J connectivity index is 1.79. The summed E-state index contributed by atoms with van der Waals surface area (Å²) in [5.74, 6) is 2.67. The average molecular weight is 450 g/mol. The second kappa shape index (κ2) is 9.23. The lowest BCUT2D eigenvalue weighted by Gasteiger charge is -2.34. The number of nitrogens with one attached hydrogen (secondary N) is 1. The standard InChI is InChI=1S/C24H26N4O5/c1-6-28-14(2)20(23-26-22(27-33-23)15-7-10-17(30-3)11-8-15)21(25-24(28)29)16-9-12-18(31-4)19(13-16)32-5/h7-13,21H,6H2,1-5H3,(H,25,29). The van der Waals surface area contributed by atoms with Crippen molar-refractivity contribution in [2.24, 2.45) is 0 Å². The third-order valence-electron chi connectivity index (χ3n) is 5.66. The number of hydrogen-bond acceptors (Lipinski definition) is 7. The van der Waals surface area contributed by atoms with Crippen molar-refractivity contribution in [1.82, 2.24) is 20.4 Å². The van der Waals surface area contributed by atoms with Crippen LogP contribution in [-0.2, 0) is 0 Å². The van der Waals surface area contributed by atoms with Gasteiger partial charge in [0.25, 0.3) is 5.89 Å². The summed E-state index contributed by atoms with van der Waals surface area (Å²) in [5.41, 5.74) is 3.05. The molecule has 0 fully saturated rings. The minimum absolute atomic E-state index is 0.201. The molecule has 9 heteroatoms. The summed E-state index contributed by atoms with van der Waals surface area (Å²) in [4.78, 5) is 19.1. The molecule has 1 unspecified atom stereocenters. The Morgan fingerprint density at radius 2 is 1.76 bits per heavy atom. The van der Waals surface area contributed by atoms with Crippen molar-refractivity contribution in [3.8, 4) is 28.6 Å². The third kappa shape index (κ3) is 4.09. The van der Waals surface area contributed by atoms with Crippen molar-refractivity contribution < 1.29 is 23.5 Å². The predicted molar refractivity (Wildman–Crippen MR) is 122 cm³/mol. The summed E-state index contributed by atoms with van der Waals surface area (Å²) in [6.45, 7) is 4.29. The van der Waals surface area contributed by atoms with Gasteiger partial charge in [0.1, 0.15) is 5.75 Å². The first-order valence-electron chi connectivity index (χ1n) is 10.5. The number of carbonyl (C=O) groups is 1. The quantitative estimate of drug-likeness (QED) is 0.574. The van der Waals surface area contributed by atoms with E-state index >= 15 is 0 Å². The first-order chi connectivity index (χ1) is 16.0. The van der Waals surface area contributed by atoms with Crippen molar-refractivity contribution in [1.29, 1.82) is 0 Å². The number of benzene rings is 2. The lowest BCUT2D eigenvalue weighted by atomic mass is 9.94. The van der Waals surface area contributed by atoms with Crippen LogP contribution in [0.1, 0.15) is 31.3 Å². The Morgan fingerprint density at radius 1 is 1.03 bits per heavy atom. The van der Waals surface area contributed by atoms with Crippen LogP contribution in [0.2, 0.25) is 0 Å². The summed E-state index contributed by atoms with van der Waals surface area (Å²) >= 11 is 0. The summed E-state index contributed by atoms with van der Waals surface area (Å²) in [6, 6.07) is 12.2. The highest BCUT2D eigenvalue weighted by Crippen LogP contribution is 2.40. The van der Waals surface area contributed by atoms with Gasteiger partial charge in [-0.1, -0.05) is 11.2 Å². The van der Waals surface area contributed by atoms with Gasteiger partial charge >= 0.3 is 6.03 Å². The van der Waals surface area contributed by atoms with Gasteiger partial charge in [0.15, 0.2) is 11.5 Å². The van der Waals surface area contributed by atoms with Crippen LogP contribution in [0.5, 0.6) is 17.2 Å². The van der Waals surface area contributed by atoms with Crippen LogP contribution in [0.3, 0.4) is 0 Å². The van der Waals surface area contributed by atoms with E-state index in [9.17, 15) is 4.79 Å². The van der Waals surface area contributed by atoms with Crippen LogP contribution in [-0.4, -0.2) is 48.9 Å². The van der Waals surface area contributed by atoms with Gasteiger partial charge in [-0.25, -0.2) is 4.79 Å². The molecule has 0 spiro atoms. The number of urea groups is 1. The summed E-state index contributed by atoms with van der Waals surface area (Å²) < 4.78 is 21.7. The zero-order valence-electron chi connectivity index (χ0n) is 19.2. The van der Waals surface area contributed by atoms with E-state index in [-0.39, 0.29) is 6.03 Å². The van der Waals surface area contributed by atoms with E-state index < -0.39 is 6.04 Å². The molecule has 3 aromatic rings. The average Bonchev–Trinajstić information content (AvgIpc) is 3.33. The maximum atomic E-state index is 12.8. The van der Waals surface area contributed by atoms with Gasteiger partial charge in [0.05, 0.1) is 32.9 Å². The lowest BCUT2D eigenvalue weighted by molar-refractivity contribution is 0.207. The summed E-state index contributed by atoms with van der Waals surface area (Å²) in [6.07, 6.45) is 0. The molecule has 33 heavy (non-hydrogen) atoms. The number of carbonyl (C=O) groups excluding carboxylic acids is 1. The van der Waals surface area contributed by atoms with Crippen LogP contribution in [0.15, 0.2) is 52.7 Å². The fourth-order valence-corrected chi connectivity index (χ4v) is 3.91. The second-order valence-electron chi connectivity index (χ2n) is 7.39. The van der Waals surface area contributed by atoms with Gasteiger partial charge in [-0.15, -0.1) is 0 Å². The highest BCUT2D eigenvalue weighted by molar-refractivity contribution is 5.87. The van der Waals surface area contributed by atoms with E-state index in [1.807, 2.05) is 50.2 Å². The van der Waals surface area contributed by atoms with Gasteiger partial charge < -0.3 is 24.1 Å². The van der Waals surface area contributed by atoms with Crippen molar-refractivity contribution >= 4 is 11.6 Å². The maximum absolute atomic E-state index is 12.8. The molecule has 9 nitrogen and oxygen atoms in total. The van der Waals surface area contributed by atoms with Gasteiger partial charge in [-0.2, -0.15) is 4.98 Å².